The Morgan fingerprint density at radius 3 is 2.64 bits per heavy atom. The lowest BCUT2D eigenvalue weighted by Gasteiger charge is -2.36. The van der Waals surface area contributed by atoms with Gasteiger partial charge in [0.1, 0.15) is 12.2 Å². The molecule has 5 heteroatoms. The maximum Gasteiger partial charge on any atom is 0.109 e. The number of fused-ring (bicyclic) bond motifs is 1. The van der Waals surface area contributed by atoms with E-state index >= 15 is 0 Å². The van der Waals surface area contributed by atoms with Gasteiger partial charge in [-0.3, -0.25) is 0 Å². The predicted molar refractivity (Wildman–Crippen MR) is 98.6 cm³/mol. The Morgan fingerprint density at radius 2 is 1.84 bits per heavy atom. The van der Waals surface area contributed by atoms with Crippen molar-refractivity contribution in [2.45, 2.75) is 30.8 Å². The summed E-state index contributed by atoms with van der Waals surface area (Å²) in [4.78, 5) is 1.16. The van der Waals surface area contributed by atoms with Gasteiger partial charge in [-0.15, -0.1) is 11.3 Å². The van der Waals surface area contributed by atoms with Gasteiger partial charge in [0.05, 0.1) is 18.8 Å². The zero-order valence-corrected chi connectivity index (χ0v) is 14.4. The van der Waals surface area contributed by atoms with Crippen LogP contribution in [0.3, 0.4) is 0 Å². The molecule has 4 nitrogen and oxygen atoms in total. The fraction of sp³-hybridized carbons (Fsp3) is 0.300. The van der Waals surface area contributed by atoms with Crippen LogP contribution in [0.5, 0.6) is 0 Å². The molecule has 4 unspecified atom stereocenters. The van der Waals surface area contributed by atoms with Crippen LogP contribution in [0.1, 0.15) is 18.1 Å². The SMILES string of the molecule is OCC1OC(c2cccc(-c3cc4ccccc4s3)c2)C(O)CC1O. The molecule has 0 spiro atoms. The van der Waals surface area contributed by atoms with Gasteiger partial charge in [0.25, 0.3) is 0 Å². The highest BCUT2D eigenvalue weighted by Gasteiger charge is 2.36. The number of benzene rings is 2. The van der Waals surface area contributed by atoms with Crippen molar-refractivity contribution >= 4 is 21.4 Å². The summed E-state index contributed by atoms with van der Waals surface area (Å²) in [5, 5.41) is 30.8. The molecule has 2 heterocycles. The first-order valence-corrected chi connectivity index (χ1v) is 9.18. The van der Waals surface area contributed by atoms with Crippen molar-refractivity contribution in [3.8, 4) is 10.4 Å². The van der Waals surface area contributed by atoms with Gasteiger partial charge in [-0.2, -0.15) is 0 Å². The summed E-state index contributed by atoms with van der Waals surface area (Å²) in [6.07, 6.45) is -2.66. The minimum Gasteiger partial charge on any atom is -0.394 e. The molecule has 1 saturated heterocycles. The summed E-state index contributed by atoms with van der Waals surface area (Å²) in [7, 11) is 0. The van der Waals surface area contributed by atoms with Gasteiger partial charge in [-0.25, -0.2) is 0 Å². The van der Waals surface area contributed by atoms with Crippen LogP contribution < -0.4 is 0 Å². The number of ether oxygens (including phenoxy) is 1. The first-order chi connectivity index (χ1) is 12.2. The third kappa shape index (κ3) is 3.21. The average molecular weight is 356 g/mol. The van der Waals surface area contributed by atoms with E-state index in [2.05, 4.69) is 18.2 Å². The molecule has 3 N–H and O–H groups in total. The van der Waals surface area contributed by atoms with Gasteiger partial charge in [-0.05, 0) is 34.7 Å². The summed E-state index contributed by atoms with van der Waals surface area (Å²) in [5.41, 5.74) is 1.92. The molecule has 1 aromatic heterocycles. The monoisotopic (exact) mass is 356 g/mol. The van der Waals surface area contributed by atoms with Crippen LogP contribution in [-0.2, 0) is 4.74 Å². The average Bonchev–Trinajstić information content (AvgIpc) is 3.06. The number of rotatable bonds is 3. The molecule has 1 aliphatic heterocycles. The quantitative estimate of drug-likeness (QED) is 0.674. The van der Waals surface area contributed by atoms with E-state index in [0.717, 1.165) is 16.0 Å². The van der Waals surface area contributed by atoms with Gasteiger partial charge in [0.15, 0.2) is 0 Å². The molecule has 2 aromatic carbocycles. The lowest BCUT2D eigenvalue weighted by molar-refractivity contribution is -0.181. The second-order valence-electron chi connectivity index (χ2n) is 6.42. The molecule has 0 aliphatic carbocycles. The molecular formula is C20H20O4S. The van der Waals surface area contributed by atoms with Crippen LogP contribution in [-0.4, -0.2) is 40.2 Å². The van der Waals surface area contributed by atoms with Crippen LogP contribution in [0.25, 0.3) is 20.5 Å². The Kier molecular flexibility index (Phi) is 4.58. The number of thiophene rings is 1. The smallest absolute Gasteiger partial charge is 0.109 e. The molecule has 0 radical (unpaired) electrons. The molecule has 4 rings (SSSR count). The van der Waals surface area contributed by atoms with E-state index in [1.807, 2.05) is 36.4 Å². The Bertz CT molecular complexity index is 842. The number of aliphatic hydroxyl groups excluding tert-OH is 3. The van der Waals surface area contributed by atoms with Gasteiger partial charge >= 0.3 is 0 Å². The Labute approximate surface area is 149 Å². The first-order valence-electron chi connectivity index (χ1n) is 8.37. The van der Waals surface area contributed by atoms with Gasteiger partial charge in [0.2, 0.25) is 0 Å². The van der Waals surface area contributed by atoms with Crippen molar-refractivity contribution in [1.29, 1.82) is 0 Å². The maximum atomic E-state index is 10.3. The van der Waals surface area contributed by atoms with Crippen LogP contribution >= 0.6 is 11.3 Å². The van der Waals surface area contributed by atoms with Crippen molar-refractivity contribution in [2.24, 2.45) is 0 Å². The summed E-state index contributed by atoms with van der Waals surface area (Å²) in [6, 6.07) is 18.4. The van der Waals surface area contributed by atoms with E-state index in [-0.39, 0.29) is 13.0 Å². The van der Waals surface area contributed by atoms with E-state index < -0.39 is 24.4 Å². The second-order valence-corrected chi connectivity index (χ2v) is 7.51. The third-order valence-electron chi connectivity index (χ3n) is 4.69. The minimum absolute atomic E-state index is 0.197. The van der Waals surface area contributed by atoms with E-state index in [1.165, 1.54) is 10.1 Å². The highest BCUT2D eigenvalue weighted by molar-refractivity contribution is 7.22. The molecular weight excluding hydrogens is 336 g/mol. The molecule has 25 heavy (non-hydrogen) atoms. The number of aliphatic hydroxyl groups is 3. The van der Waals surface area contributed by atoms with Crippen molar-refractivity contribution in [1.82, 2.24) is 0 Å². The molecule has 0 amide bonds. The van der Waals surface area contributed by atoms with Crippen LogP contribution in [0.4, 0.5) is 0 Å². The highest BCUT2D eigenvalue weighted by Crippen LogP contribution is 2.37. The molecule has 3 aromatic rings. The van der Waals surface area contributed by atoms with Crippen molar-refractivity contribution < 1.29 is 20.1 Å². The second kappa shape index (κ2) is 6.86. The van der Waals surface area contributed by atoms with Crippen LogP contribution in [0, 0.1) is 0 Å². The fourth-order valence-electron chi connectivity index (χ4n) is 3.35. The minimum atomic E-state index is -0.845. The van der Waals surface area contributed by atoms with Gasteiger partial charge in [-0.1, -0.05) is 36.4 Å². The zero-order valence-electron chi connectivity index (χ0n) is 13.6. The largest absolute Gasteiger partial charge is 0.394 e. The van der Waals surface area contributed by atoms with Crippen molar-refractivity contribution in [3.05, 3.63) is 60.2 Å². The number of hydrogen-bond donors (Lipinski definition) is 3. The molecule has 0 bridgehead atoms. The van der Waals surface area contributed by atoms with Crippen molar-refractivity contribution in [3.63, 3.8) is 0 Å². The van der Waals surface area contributed by atoms with Crippen LogP contribution in [0.2, 0.25) is 0 Å². The van der Waals surface area contributed by atoms with E-state index in [0.29, 0.717) is 0 Å². The Hall–Kier alpha value is -1.76. The topological polar surface area (TPSA) is 69.9 Å². The molecule has 0 saturated carbocycles. The molecule has 130 valence electrons. The van der Waals surface area contributed by atoms with Crippen molar-refractivity contribution in [2.75, 3.05) is 6.61 Å². The van der Waals surface area contributed by atoms with E-state index in [1.54, 1.807) is 11.3 Å². The standard InChI is InChI=1S/C20H20O4S/c21-11-17-15(22)10-16(23)20(24-17)14-6-3-5-12(8-14)19-9-13-4-1-2-7-18(13)25-19/h1-9,15-17,20-23H,10-11H2. The number of hydrogen-bond acceptors (Lipinski definition) is 5. The lowest BCUT2D eigenvalue weighted by Crippen LogP contribution is -2.44. The van der Waals surface area contributed by atoms with Gasteiger partial charge < -0.3 is 20.1 Å². The van der Waals surface area contributed by atoms with Crippen LogP contribution in [0.15, 0.2) is 54.6 Å². The molecule has 1 aliphatic rings. The first kappa shape index (κ1) is 16.7. The molecule has 4 atom stereocenters. The normalized spacial score (nSPS) is 26.8. The summed E-state index contributed by atoms with van der Waals surface area (Å²) in [6.45, 7) is -0.264. The van der Waals surface area contributed by atoms with E-state index in [9.17, 15) is 15.3 Å². The third-order valence-corrected chi connectivity index (χ3v) is 5.85. The predicted octanol–water partition coefficient (Wildman–Crippen LogP) is 3.11. The zero-order chi connectivity index (χ0) is 17.4. The summed E-state index contributed by atoms with van der Waals surface area (Å²) in [5.74, 6) is 0. The Balaban J connectivity index is 1.67. The lowest BCUT2D eigenvalue weighted by atomic mass is 9.93. The van der Waals surface area contributed by atoms with E-state index in [4.69, 9.17) is 4.74 Å². The summed E-state index contributed by atoms with van der Waals surface area (Å²) >= 11 is 1.73. The van der Waals surface area contributed by atoms with Gasteiger partial charge in [0, 0.05) is 16.0 Å². The molecule has 1 fully saturated rings. The highest BCUT2D eigenvalue weighted by atomic mass is 32.1. The summed E-state index contributed by atoms with van der Waals surface area (Å²) < 4.78 is 6.99. The Morgan fingerprint density at radius 1 is 1.00 bits per heavy atom. The maximum absolute atomic E-state index is 10.3. The fourth-order valence-corrected chi connectivity index (χ4v) is 4.41.